The van der Waals surface area contributed by atoms with Crippen molar-refractivity contribution in [3.8, 4) is 22.9 Å². The van der Waals surface area contributed by atoms with Crippen molar-refractivity contribution in [2.24, 2.45) is 0 Å². The van der Waals surface area contributed by atoms with Crippen LogP contribution in [0.5, 0.6) is 11.5 Å². The number of methoxy groups -OCH3 is 2. The van der Waals surface area contributed by atoms with Crippen molar-refractivity contribution < 1.29 is 19.1 Å². The summed E-state index contributed by atoms with van der Waals surface area (Å²) in [6, 6.07) is 13.0. The highest BCUT2D eigenvalue weighted by atomic mass is 16.5. The Kier molecular flexibility index (Phi) is 8.14. The van der Waals surface area contributed by atoms with E-state index in [1.165, 1.54) is 23.2 Å². The second-order valence-electron chi connectivity index (χ2n) is 8.93. The highest BCUT2D eigenvalue weighted by Gasteiger charge is 2.24. The van der Waals surface area contributed by atoms with Gasteiger partial charge in [-0.3, -0.25) is 9.59 Å². The van der Waals surface area contributed by atoms with E-state index in [1.807, 2.05) is 31.2 Å². The van der Waals surface area contributed by atoms with Gasteiger partial charge in [-0.05, 0) is 37.1 Å². The van der Waals surface area contributed by atoms with E-state index in [0.717, 1.165) is 36.8 Å². The third-order valence-electron chi connectivity index (χ3n) is 6.29. The lowest BCUT2D eigenvalue weighted by Gasteiger charge is -2.26. The summed E-state index contributed by atoms with van der Waals surface area (Å²) in [6.07, 6.45) is 5.31. The van der Waals surface area contributed by atoms with Crippen LogP contribution in [0.2, 0.25) is 0 Å². The SMILES string of the molecule is COc1ccc(N(CC(=O)NC2CCCCC2)C(=O)Cn2nnc(-c3ccc(C)cc3)n2)cc1OC. The fourth-order valence-corrected chi connectivity index (χ4v) is 4.31. The Balaban J connectivity index is 1.54. The fourth-order valence-electron chi connectivity index (χ4n) is 4.31. The first-order chi connectivity index (χ1) is 17.5. The number of carbonyl (C=O) groups excluding carboxylic acids is 2. The number of rotatable bonds is 9. The minimum atomic E-state index is -0.353. The molecule has 0 unspecified atom stereocenters. The molecule has 2 amide bonds. The van der Waals surface area contributed by atoms with Gasteiger partial charge in [0.1, 0.15) is 13.1 Å². The average molecular weight is 493 g/mol. The Bertz CT molecular complexity index is 1190. The van der Waals surface area contributed by atoms with Gasteiger partial charge < -0.3 is 19.7 Å². The summed E-state index contributed by atoms with van der Waals surface area (Å²) < 4.78 is 10.7. The molecular formula is C26H32N6O4. The van der Waals surface area contributed by atoms with Gasteiger partial charge in [0.15, 0.2) is 11.5 Å². The molecule has 0 radical (unpaired) electrons. The lowest BCUT2D eigenvalue weighted by Crippen LogP contribution is -2.46. The number of nitrogens with one attached hydrogen (secondary N) is 1. The van der Waals surface area contributed by atoms with E-state index in [0.29, 0.717) is 23.0 Å². The van der Waals surface area contributed by atoms with Gasteiger partial charge in [0.2, 0.25) is 11.7 Å². The molecule has 1 saturated carbocycles. The number of ether oxygens (including phenoxy) is 2. The van der Waals surface area contributed by atoms with Crippen molar-refractivity contribution in [1.82, 2.24) is 25.5 Å². The minimum absolute atomic E-state index is 0.135. The van der Waals surface area contributed by atoms with Gasteiger partial charge in [-0.1, -0.05) is 49.1 Å². The molecule has 4 rings (SSSR count). The molecule has 1 fully saturated rings. The minimum Gasteiger partial charge on any atom is -0.493 e. The topological polar surface area (TPSA) is 111 Å². The molecular weight excluding hydrogens is 460 g/mol. The maximum absolute atomic E-state index is 13.4. The van der Waals surface area contributed by atoms with Crippen LogP contribution in [0.25, 0.3) is 11.4 Å². The lowest BCUT2D eigenvalue weighted by molar-refractivity contribution is -0.124. The molecule has 0 aliphatic heterocycles. The molecule has 1 aromatic heterocycles. The zero-order chi connectivity index (χ0) is 25.5. The zero-order valence-corrected chi connectivity index (χ0v) is 20.9. The first-order valence-electron chi connectivity index (χ1n) is 12.1. The average Bonchev–Trinajstić information content (AvgIpc) is 3.36. The molecule has 1 N–H and O–H groups in total. The number of hydrogen-bond donors (Lipinski definition) is 1. The summed E-state index contributed by atoms with van der Waals surface area (Å²) in [7, 11) is 3.07. The summed E-state index contributed by atoms with van der Waals surface area (Å²) in [5, 5.41) is 15.6. The van der Waals surface area contributed by atoms with E-state index < -0.39 is 0 Å². The van der Waals surface area contributed by atoms with Crippen LogP contribution in [0.1, 0.15) is 37.7 Å². The highest BCUT2D eigenvalue weighted by Crippen LogP contribution is 2.31. The van der Waals surface area contributed by atoms with Crippen LogP contribution in [0.3, 0.4) is 0 Å². The summed E-state index contributed by atoms with van der Waals surface area (Å²) in [6.45, 7) is 1.69. The van der Waals surface area contributed by atoms with Crippen LogP contribution in [-0.4, -0.2) is 58.8 Å². The van der Waals surface area contributed by atoms with Crippen molar-refractivity contribution in [3.63, 3.8) is 0 Å². The largest absolute Gasteiger partial charge is 0.493 e. The van der Waals surface area contributed by atoms with Crippen molar-refractivity contribution in [3.05, 3.63) is 48.0 Å². The van der Waals surface area contributed by atoms with Crippen molar-refractivity contribution in [1.29, 1.82) is 0 Å². The van der Waals surface area contributed by atoms with Gasteiger partial charge in [-0.25, -0.2) is 0 Å². The number of anilines is 1. The van der Waals surface area contributed by atoms with Crippen LogP contribution >= 0.6 is 0 Å². The molecule has 10 nitrogen and oxygen atoms in total. The maximum Gasteiger partial charge on any atom is 0.251 e. The highest BCUT2D eigenvalue weighted by molar-refractivity contribution is 5.98. The Morgan fingerprint density at radius 1 is 1.03 bits per heavy atom. The van der Waals surface area contributed by atoms with E-state index in [4.69, 9.17) is 9.47 Å². The van der Waals surface area contributed by atoms with E-state index in [2.05, 4.69) is 20.7 Å². The molecule has 3 aromatic rings. The van der Waals surface area contributed by atoms with Gasteiger partial charge in [0, 0.05) is 23.4 Å². The van der Waals surface area contributed by atoms with Gasteiger partial charge in [0.05, 0.1) is 14.2 Å². The molecule has 1 aliphatic rings. The summed E-state index contributed by atoms with van der Waals surface area (Å²) in [4.78, 5) is 29.0. The molecule has 10 heteroatoms. The van der Waals surface area contributed by atoms with Crippen molar-refractivity contribution in [2.45, 2.75) is 51.6 Å². The van der Waals surface area contributed by atoms with Crippen LogP contribution in [0, 0.1) is 6.92 Å². The Hall–Kier alpha value is -3.95. The van der Waals surface area contributed by atoms with Gasteiger partial charge in [-0.15, -0.1) is 10.2 Å². The van der Waals surface area contributed by atoms with Crippen LogP contribution in [-0.2, 0) is 16.1 Å². The second kappa shape index (κ2) is 11.7. The van der Waals surface area contributed by atoms with Gasteiger partial charge in [0.25, 0.3) is 5.91 Å². The number of aromatic nitrogens is 4. The van der Waals surface area contributed by atoms with Crippen LogP contribution < -0.4 is 19.7 Å². The normalized spacial score (nSPS) is 13.8. The van der Waals surface area contributed by atoms with Crippen LogP contribution in [0.15, 0.2) is 42.5 Å². The standard InChI is InChI=1S/C26H32N6O4/c1-18-9-11-19(12-10-18)26-28-30-32(29-26)17-25(34)31(16-24(33)27-20-7-5-4-6-8-20)21-13-14-22(35-2)23(15-21)36-3/h9-15,20H,4-8,16-17H2,1-3H3,(H,27,33). The number of hydrogen-bond acceptors (Lipinski definition) is 7. The molecule has 0 bridgehead atoms. The first-order valence-corrected chi connectivity index (χ1v) is 12.1. The molecule has 0 spiro atoms. The van der Waals surface area contributed by atoms with E-state index in [9.17, 15) is 9.59 Å². The molecule has 0 saturated heterocycles. The first kappa shape index (κ1) is 25.2. The third kappa shape index (κ3) is 6.18. The molecule has 0 atom stereocenters. The fraction of sp³-hybridized carbons (Fsp3) is 0.423. The van der Waals surface area contributed by atoms with Gasteiger partial charge >= 0.3 is 0 Å². The van der Waals surface area contributed by atoms with E-state index >= 15 is 0 Å². The second-order valence-corrected chi connectivity index (χ2v) is 8.93. The molecule has 190 valence electrons. The summed E-state index contributed by atoms with van der Waals surface area (Å²) >= 11 is 0. The number of aryl methyl sites for hydroxylation is 1. The Morgan fingerprint density at radius 2 is 1.75 bits per heavy atom. The summed E-state index contributed by atoms with van der Waals surface area (Å²) in [5.74, 6) is 0.850. The van der Waals surface area contributed by atoms with Crippen molar-refractivity contribution in [2.75, 3.05) is 25.7 Å². The Labute approximate surface area is 210 Å². The number of benzene rings is 2. The number of nitrogens with zero attached hydrogens (tertiary/aromatic N) is 5. The molecule has 1 heterocycles. The predicted molar refractivity (Wildman–Crippen MR) is 135 cm³/mol. The monoisotopic (exact) mass is 492 g/mol. The van der Waals surface area contributed by atoms with Crippen LogP contribution in [0.4, 0.5) is 5.69 Å². The number of tetrazole rings is 1. The summed E-state index contributed by atoms with van der Waals surface area (Å²) in [5.41, 5.74) is 2.44. The van der Waals surface area contributed by atoms with Gasteiger partial charge in [-0.2, -0.15) is 4.80 Å². The number of carbonyl (C=O) groups is 2. The molecule has 2 aromatic carbocycles. The maximum atomic E-state index is 13.4. The number of amides is 2. The molecule has 36 heavy (non-hydrogen) atoms. The Morgan fingerprint density at radius 3 is 2.44 bits per heavy atom. The third-order valence-corrected chi connectivity index (χ3v) is 6.29. The molecule has 1 aliphatic carbocycles. The quantitative estimate of drug-likeness (QED) is 0.488. The van der Waals surface area contributed by atoms with Crippen molar-refractivity contribution >= 4 is 17.5 Å². The van der Waals surface area contributed by atoms with E-state index in [-0.39, 0.29) is 30.9 Å². The zero-order valence-electron chi connectivity index (χ0n) is 20.9. The lowest BCUT2D eigenvalue weighted by atomic mass is 9.95. The smallest absolute Gasteiger partial charge is 0.251 e. The predicted octanol–water partition coefficient (Wildman–Crippen LogP) is 3.15. The van der Waals surface area contributed by atoms with E-state index in [1.54, 1.807) is 25.3 Å².